The lowest BCUT2D eigenvalue weighted by atomic mass is 9.96. The van der Waals surface area contributed by atoms with E-state index in [1.165, 1.54) is 5.39 Å². The van der Waals surface area contributed by atoms with Gasteiger partial charge in [0.25, 0.3) is 0 Å². The lowest BCUT2D eigenvalue weighted by Crippen LogP contribution is -2.33. The summed E-state index contributed by atoms with van der Waals surface area (Å²) in [6.45, 7) is 6.46. The third-order valence-electron chi connectivity index (χ3n) is 4.68. The van der Waals surface area contributed by atoms with E-state index < -0.39 is 0 Å². The van der Waals surface area contributed by atoms with Crippen LogP contribution in [0.2, 0.25) is 0 Å². The number of benzene rings is 2. The molecule has 0 radical (unpaired) electrons. The highest BCUT2D eigenvalue weighted by Gasteiger charge is 2.21. The Balaban J connectivity index is 1.54. The summed E-state index contributed by atoms with van der Waals surface area (Å²) in [4.78, 5) is 16.8. The number of nitrogens with one attached hydrogen (secondary N) is 1. The van der Waals surface area contributed by atoms with Crippen molar-refractivity contribution in [3.8, 4) is 0 Å². The zero-order valence-electron chi connectivity index (χ0n) is 16.7. The molecule has 6 heteroatoms. The Hall–Kier alpha value is -2.73. The fourth-order valence-electron chi connectivity index (χ4n) is 3.03. The van der Waals surface area contributed by atoms with Crippen LogP contribution in [0.15, 0.2) is 47.0 Å². The summed E-state index contributed by atoms with van der Waals surface area (Å²) in [7, 11) is 0. The first kappa shape index (κ1) is 20.0. The molecule has 0 aliphatic carbocycles. The Morgan fingerprint density at radius 1 is 1.18 bits per heavy atom. The number of hydrogen-bond acceptors (Lipinski definition) is 5. The molecule has 1 atom stereocenters. The molecule has 28 heavy (non-hydrogen) atoms. The molecule has 6 nitrogen and oxygen atoms in total. The van der Waals surface area contributed by atoms with E-state index in [1.807, 2.05) is 39.0 Å². The van der Waals surface area contributed by atoms with Gasteiger partial charge in [-0.25, -0.2) is 0 Å². The van der Waals surface area contributed by atoms with E-state index in [0.717, 1.165) is 10.9 Å². The lowest BCUT2D eigenvalue weighted by molar-refractivity contribution is -0.121. The van der Waals surface area contributed by atoms with Crippen molar-refractivity contribution in [3.63, 3.8) is 0 Å². The first-order chi connectivity index (χ1) is 13.4. The van der Waals surface area contributed by atoms with Crippen LogP contribution in [0.5, 0.6) is 0 Å². The molecule has 3 aromatic rings. The quantitative estimate of drug-likeness (QED) is 0.652. The molecule has 0 fully saturated rings. The second-order valence-corrected chi connectivity index (χ2v) is 8.08. The van der Waals surface area contributed by atoms with Gasteiger partial charge in [0.15, 0.2) is 5.82 Å². The highest BCUT2D eigenvalue weighted by atomic mass is 16.5. The van der Waals surface area contributed by atoms with Gasteiger partial charge in [0, 0.05) is 24.8 Å². The average molecular weight is 380 g/mol. The Labute approximate surface area is 165 Å². The maximum absolute atomic E-state index is 12.4. The largest absolute Gasteiger partial charge is 0.348 e. The predicted octanol–water partition coefficient (Wildman–Crippen LogP) is 3.66. The highest BCUT2D eigenvalue weighted by molar-refractivity contribution is 5.83. The third kappa shape index (κ3) is 4.95. The molecule has 3 rings (SSSR count). The fourth-order valence-corrected chi connectivity index (χ4v) is 3.03. The Morgan fingerprint density at radius 2 is 1.93 bits per heavy atom. The molecular weight excluding hydrogens is 352 g/mol. The van der Waals surface area contributed by atoms with Gasteiger partial charge in [-0.2, -0.15) is 4.98 Å². The minimum absolute atomic E-state index is 0.0285. The number of carbonyl (C=O) groups excluding carboxylic acids is 1. The molecule has 1 heterocycles. The minimum Gasteiger partial charge on any atom is -0.348 e. The monoisotopic (exact) mass is 380 g/mol. The molecule has 0 bridgehead atoms. The Kier molecular flexibility index (Phi) is 6.09. The summed E-state index contributed by atoms with van der Waals surface area (Å²) in [6, 6.07) is 14.1. The van der Waals surface area contributed by atoms with Crippen molar-refractivity contribution >= 4 is 16.7 Å². The van der Waals surface area contributed by atoms with Gasteiger partial charge in [0.2, 0.25) is 11.8 Å². The normalized spacial score (nSPS) is 12.9. The van der Waals surface area contributed by atoms with Gasteiger partial charge in [-0.3, -0.25) is 4.79 Å². The summed E-state index contributed by atoms with van der Waals surface area (Å²) in [5, 5.41) is 9.35. The number of aryl methyl sites for hydroxylation is 1. The number of aromatic nitrogens is 2. The van der Waals surface area contributed by atoms with Crippen LogP contribution in [-0.4, -0.2) is 22.6 Å². The molecule has 0 aliphatic rings. The molecule has 3 N–H and O–H groups in total. The molecule has 0 aliphatic heterocycles. The van der Waals surface area contributed by atoms with Crippen LogP contribution in [0.1, 0.15) is 56.9 Å². The molecular formula is C22H28N4O2. The molecule has 0 saturated carbocycles. The van der Waals surface area contributed by atoms with Crippen LogP contribution >= 0.6 is 0 Å². The van der Waals surface area contributed by atoms with Gasteiger partial charge in [-0.15, -0.1) is 0 Å². The van der Waals surface area contributed by atoms with Gasteiger partial charge in [0.05, 0.1) is 6.04 Å². The van der Waals surface area contributed by atoms with E-state index in [1.54, 1.807) is 0 Å². The summed E-state index contributed by atoms with van der Waals surface area (Å²) < 4.78 is 5.27. The maximum Gasteiger partial charge on any atom is 0.226 e. The molecule has 1 unspecified atom stereocenters. The molecule has 2 aromatic carbocycles. The first-order valence-electron chi connectivity index (χ1n) is 9.68. The van der Waals surface area contributed by atoms with E-state index in [9.17, 15) is 4.79 Å². The van der Waals surface area contributed by atoms with Crippen molar-refractivity contribution in [2.45, 2.75) is 51.5 Å². The third-order valence-corrected chi connectivity index (χ3v) is 4.68. The lowest BCUT2D eigenvalue weighted by Gasteiger charge is -2.18. The summed E-state index contributed by atoms with van der Waals surface area (Å²) in [5.41, 5.74) is 6.78. The van der Waals surface area contributed by atoms with Crippen LogP contribution in [0, 0.1) is 0 Å². The van der Waals surface area contributed by atoms with Crippen molar-refractivity contribution in [2.24, 2.45) is 5.73 Å². The fraction of sp³-hybridized carbons (Fsp3) is 0.409. The number of rotatable bonds is 7. The summed E-state index contributed by atoms with van der Waals surface area (Å²) >= 11 is 0. The summed E-state index contributed by atoms with van der Waals surface area (Å²) in [5.74, 6) is 1.23. The topological polar surface area (TPSA) is 94.0 Å². The Morgan fingerprint density at radius 3 is 2.61 bits per heavy atom. The second kappa shape index (κ2) is 8.52. The number of nitrogens with two attached hydrogens (primary N) is 1. The number of amides is 1. The average Bonchev–Trinajstić information content (AvgIpc) is 3.15. The van der Waals surface area contributed by atoms with Gasteiger partial charge in [-0.05, 0) is 28.8 Å². The molecule has 1 amide bonds. The van der Waals surface area contributed by atoms with E-state index >= 15 is 0 Å². The molecule has 0 spiro atoms. The SMILES string of the molecule is CC(C)(C)c1noc(CCCC(=O)NC(CN)c2ccc3ccccc3c2)n1. The van der Waals surface area contributed by atoms with E-state index in [-0.39, 0.29) is 17.4 Å². The van der Waals surface area contributed by atoms with Crippen LogP contribution in [0.3, 0.4) is 0 Å². The second-order valence-electron chi connectivity index (χ2n) is 8.08. The zero-order chi connectivity index (χ0) is 20.1. The molecule has 148 valence electrons. The Bertz CT molecular complexity index is 943. The zero-order valence-corrected chi connectivity index (χ0v) is 16.7. The van der Waals surface area contributed by atoms with Crippen molar-refractivity contribution in [1.82, 2.24) is 15.5 Å². The van der Waals surface area contributed by atoms with Crippen molar-refractivity contribution in [1.29, 1.82) is 0 Å². The van der Waals surface area contributed by atoms with Crippen LogP contribution in [-0.2, 0) is 16.6 Å². The predicted molar refractivity (Wildman–Crippen MR) is 110 cm³/mol. The smallest absolute Gasteiger partial charge is 0.226 e. The number of nitrogens with zero attached hydrogens (tertiary/aromatic N) is 2. The standard InChI is InChI=1S/C22H28N4O2/c1-22(2,3)21-25-20(28-26-21)10-6-9-19(27)24-18(14-23)17-12-11-15-7-4-5-8-16(15)13-17/h4-5,7-8,11-13,18H,6,9-10,14,23H2,1-3H3,(H,24,27). The molecule has 0 saturated heterocycles. The molecule has 1 aromatic heterocycles. The van der Waals surface area contributed by atoms with Gasteiger partial charge >= 0.3 is 0 Å². The van der Waals surface area contributed by atoms with E-state index in [0.29, 0.717) is 37.5 Å². The van der Waals surface area contributed by atoms with Crippen molar-refractivity contribution < 1.29 is 9.32 Å². The van der Waals surface area contributed by atoms with Crippen LogP contribution in [0.4, 0.5) is 0 Å². The maximum atomic E-state index is 12.4. The van der Waals surface area contributed by atoms with Crippen LogP contribution < -0.4 is 11.1 Å². The van der Waals surface area contributed by atoms with Gasteiger partial charge in [0.1, 0.15) is 0 Å². The highest BCUT2D eigenvalue weighted by Crippen LogP contribution is 2.21. The first-order valence-corrected chi connectivity index (χ1v) is 9.68. The van der Waals surface area contributed by atoms with Crippen molar-refractivity contribution in [3.05, 3.63) is 59.7 Å². The number of carbonyl (C=O) groups is 1. The minimum atomic E-state index is -0.201. The van der Waals surface area contributed by atoms with E-state index in [4.69, 9.17) is 10.3 Å². The van der Waals surface area contributed by atoms with E-state index in [2.05, 4.69) is 39.7 Å². The van der Waals surface area contributed by atoms with Crippen molar-refractivity contribution in [2.75, 3.05) is 6.54 Å². The van der Waals surface area contributed by atoms with Crippen LogP contribution in [0.25, 0.3) is 10.8 Å². The van der Waals surface area contributed by atoms with Gasteiger partial charge in [-0.1, -0.05) is 62.3 Å². The van der Waals surface area contributed by atoms with Gasteiger partial charge < -0.3 is 15.6 Å². The summed E-state index contributed by atoms with van der Waals surface area (Å²) in [6.07, 6.45) is 1.61. The number of fused-ring (bicyclic) bond motifs is 1. The number of hydrogen-bond donors (Lipinski definition) is 2.